The lowest BCUT2D eigenvalue weighted by Gasteiger charge is -2.18. The molecule has 33 heavy (non-hydrogen) atoms. The molecule has 1 saturated heterocycles. The zero-order valence-corrected chi connectivity index (χ0v) is 18.2. The summed E-state index contributed by atoms with van der Waals surface area (Å²) < 4.78 is 46.9. The van der Waals surface area contributed by atoms with Gasteiger partial charge in [-0.2, -0.15) is 18.3 Å². The van der Waals surface area contributed by atoms with Gasteiger partial charge < -0.3 is 9.84 Å². The first-order chi connectivity index (χ1) is 15.7. The Balaban J connectivity index is 1.76. The number of aromatic hydroxyl groups is 1. The van der Waals surface area contributed by atoms with Crippen molar-refractivity contribution in [3.8, 4) is 5.88 Å². The first-order valence-corrected chi connectivity index (χ1v) is 11.0. The van der Waals surface area contributed by atoms with Gasteiger partial charge in [-0.05, 0) is 47.4 Å². The summed E-state index contributed by atoms with van der Waals surface area (Å²) in [6, 6.07) is 8.97. The van der Waals surface area contributed by atoms with E-state index in [0.717, 1.165) is 28.3 Å². The van der Waals surface area contributed by atoms with Crippen LogP contribution in [0, 0.1) is 0 Å². The van der Waals surface area contributed by atoms with Crippen LogP contribution >= 0.6 is 22.9 Å². The molecule has 1 fully saturated rings. The van der Waals surface area contributed by atoms with E-state index in [4.69, 9.17) is 16.3 Å². The molecule has 1 atom stereocenters. The number of allylic oxidation sites excluding steroid dienone is 1. The van der Waals surface area contributed by atoms with Crippen LogP contribution in [0.2, 0.25) is 5.02 Å². The number of epoxide rings is 1. The second kappa shape index (κ2) is 8.05. The highest BCUT2D eigenvalue weighted by molar-refractivity contribution is 7.10. The van der Waals surface area contributed by atoms with Crippen molar-refractivity contribution >= 4 is 45.0 Å². The van der Waals surface area contributed by atoms with Gasteiger partial charge in [0.1, 0.15) is 6.10 Å². The summed E-state index contributed by atoms with van der Waals surface area (Å²) in [6.45, 7) is 0.324. The summed E-state index contributed by atoms with van der Waals surface area (Å²) in [6.07, 6.45) is -3.59. The molecule has 0 bridgehead atoms. The maximum Gasteiger partial charge on any atom is 0.416 e. The Morgan fingerprint density at radius 2 is 2.06 bits per heavy atom. The number of halogens is 4. The molecule has 2 aromatic heterocycles. The number of nitrogens with one attached hydrogen (secondary N) is 2. The first-order valence-electron chi connectivity index (χ1n) is 9.77. The van der Waals surface area contributed by atoms with Gasteiger partial charge in [0.05, 0.1) is 28.8 Å². The average Bonchev–Trinajstić information content (AvgIpc) is 3.38. The maximum atomic E-state index is 13.8. The fourth-order valence-electron chi connectivity index (χ4n) is 3.84. The number of hydrogen-bond donors (Lipinski definition) is 3. The summed E-state index contributed by atoms with van der Waals surface area (Å²) in [5.41, 5.74) is 1.52. The standard InChI is InChI=1S/C22H15ClF3N3O3S/c23-13-3-1-11(15(7-13)22(24,25)26)6-14(10-2-4-16-12(5-10)8-27-29-16)18(17-9-32-17)19-20(30)28-21(31)33-19/h1-5,7-8,17,30H,6,9H2,(H,27,29)(H,28,31). The Bertz CT molecular complexity index is 1450. The molecular weight excluding hydrogens is 479 g/mol. The van der Waals surface area contributed by atoms with Gasteiger partial charge in [-0.15, -0.1) is 0 Å². The summed E-state index contributed by atoms with van der Waals surface area (Å²) >= 11 is 6.64. The predicted molar refractivity (Wildman–Crippen MR) is 119 cm³/mol. The lowest BCUT2D eigenvalue weighted by Crippen LogP contribution is -2.11. The maximum absolute atomic E-state index is 13.8. The lowest BCUT2D eigenvalue weighted by atomic mass is 9.89. The number of aromatic amines is 2. The number of benzene rings is 2. The Morgan fingerprint density at radius 1 is 1.27 bits per heavy atom. The summed E-state index contributed by atoms with van der Waals surface area (Å²) in [5.74, 6) is -0.343. The first kappa shape index (κ1) is 21.7. The summed E-state index contributed by atoms with van der Waals surface area (Å²) in [7, 11) is 0. The minimum atomic E-state index is -4.61. The number of alkyl halides is 3. The van der Waals surface area contributed by atoms with Crippen LogP contribution in [0.5, 0.6) is 5.88 Å². The van der Waals surface area contributed by atoms with Crippen LogP contribution in [0.15, 0.2) is 47.4 Å². The van der Waals surface area contributed by atoms with Crippen LogP contribution in [-0.2, 0) is 17.3 Å². The van der Waals surface area contributed by atoms with E-state index in [-0.39, 0.29) is 27.8 Å². The normalized spacial score (nSPS) is 16.8. The van der Waals surface area contributed by atoms with Crippen molar-refractivity contribution in [2.75, 3.05) is 6.61 Å². The molecule has 170 valence electrons. The van der Waals surface area contributed by atoms with Crippen molar-refractivity contribution in [3.63, 3.8) is 0 Å². The molecule has 11 heteroatoms. The van der Waals surface area contributed by atoms with Crippen LogP contribution in [-0.4, -0.2) is 33.0 Å². The zero-order valence-electron chi connectivity index (χ0n) is 16.7. The Kier molecular flexibility index (Phi) is 5.31. The van der Waals surface area contributed by atoms with Gasteiger partial charge in [0.15, 0.2) is 0 Å². The molecule has 0 radical (unpaired) electrons. The highest BCUT2D eigenvalue weighted by Gasteiger charge is 2.37. The topological polar surface area (TPSA) is 94.3 Å². The van der Waals surface area contributed by atoms with Gasteiger partial charge in [0.25, 0.3) is 0 Å². The van der Waals surface area contributed by atoms with E-state index in [9.17, 15) is 23.1 Å². The number of fused-ring (bicyclic) bond motifs is 1. The molecule has 6 nitrogen and oxygen atoms in total. The van der Waals surface area contributed by atoms with Gasteiger partial charge in [0.2, 0.25) is 5.88 Å². The third kappa shape index (κ3) is 4.29. The minimum Gasteiger partial charge on any atom is -0.493 e. The smallest absolute Gasteiger partial charge is 0.416 e. The van der Waals surface area contributed by atoms with Gasteiger partial charge in [-0.3, -0.25) is 14.9 Å². The van der Waals surface area contributed by atoms with Gasteiger partial charge >= 0.3 is 11.0 Å². The number of thiazole rings is 1. The predicted octanol–water partition coefficient (Wildman–Crippen LogP) is 5.24. The van der Waals surface area contributed by atoms with Gasteiger partial charge in [-0.1, -0.05) is 35.1 Å². The molecule has 0 aliphatic carbocycles. The van der Waals surface area contributed by atoms with E-state index in [1.807, 2.05) is 0 Å². The third-order valence-electron chi connectivity index (χ3n) is 5.39. The van der Waals surface area contributed by atoms with Crippen molar-refractivity contribution in [2.45, 2.75) is 18.7 Å². The third-order valence-corrected chi connectivity index (χ3v) is 6.53. The molecule has 1 unspecified atom stereocenters. The van der Waals surface area contributed by atoms with E-state index in [0.29, 0.717) is 23.3 Å². The van der Waals surface area contributed by atoms with E-state index >= 15 is 0 Å². The van der Waals surface area contributed by atoms with Crippen LogP contribution in [0.4, 0.5) is 13.2 Å². The fourth-order valence-corrected chi connectivity index (χ4v) is 4.85. The largest absolute Gasteiger partial charge is 0.493 e. The number of H-pyrrole nitrogens is 2. The number of rotatable bonds is 5. The van der Waals surface area contributed by atoms with Crippen LogP contribution in [0.1, 0.15) is 21.6 Å². The Morgan fingerprint density at radius 3 is 2.73 bits per heavy atom. The van der Waals surface area contributed by atoms with Gasteiger partial charge in [-0.25, -0.2) is 0 Å². The molecule has 3 heterocycles. The second-order valence-electron chi connectivity index (χ2n) is 7.55. The van der Waals surface area contributed by atoms with E-state index in [1.165, 1.54) is 12.1 Å². The number of hydrogen-bond acceptors (Lipinski definition) is 5. The molecule has 1 aliphatic rings. The quantitative estimate of drug-likeness (QED) is 0.331. The monoisotopic (exact) mass is 493 g/mol. The van der Waals surface area contributed by atoms with Crippen molar-refractivity contribution in [1.29, 1.82) is 0 Å². The Hall–Kier alpha value is -3.08. The summed E-state index contributed by atoms with van der Waals surface area (Å²) in [4.78, 5) is 14.0. The second-order valence-corrected chi connectivity index (χ2v) is 8.97. The van der Waals surface area contributed by atoms with E-state index in [1.54, 1.807) is 24.4 Å². The Labute approximate surface area is 193 Å². The van der Waals surface area contributed by atoms with Crippen LogP contribution in [0.3, 0.4) is 0 Å². The molecule has 1 aliphatic heterocycles. The van der Waals surface area contributed by atoms with Crippen LogP contribution in [0.25, 0.3) is 22.0 Å². The zero-order chi connectivity index (χ0) is 23.3. The minimum absolute atomic E-state index is 0.00899. The van der Waals surface area contributed by atoms with Crippen molar-refractivity contribution < 1.29 is 23.0 Å². The molecule has 0 saturated carbocycles. The lowest BCUT2D eigenvalue weighted by molar-refractivity contribution is -0.138. The van der Waals surface area contributed by atoms with Crippen molar-refractivity contribution in [2.24, 2.45) is 0 Å². The SMILES string of the molecule is O=c1[nH]c(O)c(C(=C(Cc2ccc(Cl)cc2C(F)(F)F)c2ccc3[nH]ncc3c2)C2CO2)s1. The highest BCUT2D eigenvalue weighted by atomic mass is 35.5. The van der Waals surface area contributed by atoms with Gasteiger partial charge in [0, 0.05) is 16.0 Å². The molecule has 3 N–H and O–H groups in total. The average molecular weight is 494 g/mol. The fraction of sp³-hybridized carbons (Fsp3) is 0.182. The van der Waals surface area contributed by atoms with Crippen LogP contribution < -0.4 is 4.87 Å². The molecule has 5 rings (SSSR count). The number of nitrogens with zero attached hydrogens (tertiary/aromatic N) is 1. The highest BCUT2D eigenvalue weighted by Crippen LogP contribution is 2.43. The molecule has 0 amide bonds. The van der Waals surface area contributed by atoms with E-state index in [2.05, 4.69) is 15.2 Å². The number of ether oxygens (including phenoxy) is 1. The molecule has 0 spiro atoms. The summed E-state index contributed by atoms with van der Waals surface area (Å²) in [5, 5.41) is 17.9. The molecular formula is C22H15ClF3N3O3S. The van der Waals surface area contributed by atoms with Crippen molar-refractivity contribution in [3.05, 3.63) is 78.9 Å². The molecule has 4 aromatic rings. The molecule has 2 aromatic carbocycles. The van der Waals surface area contributed by atoms with Crippen molar-refractivity contribution in [1.82, 2.24) is 15.2 Å². The number of aromatic nitrogens is 3. The van der Waals surface area contributed by atoms with E-state index < -0.39 is 22.7 Å².